The van der Waals surface area contributed by atoms with E-state index >= 15 is 0 Å². The molecule has 1 saturated heterocycles. The van der Waals surface area contributed by atoms with Crippen molar-refractivity contribution in [3.63, 3.8) is 0 Å². The highest BCUT2D eigenvalue weighted by molar-refractivity contribution is 7.13. The van der Waals surface area contributed by atoms with Crippen LogP contribution in [0.25, 0.3) is 10.6 Å². The van der Waals surface area contributed by atoms with Crippen LogP contribution in [0.3, 0.4) is 0 Å². The molecule has 1 N–H and O–H groups in total. The Morgan fingerprint density at radius 3 is 2.45 bits per heavy atom. The Labute approximate surface area is 177 Å². The monoisotopic (exact) mass is 430 g/mol. The summed E-state index contributed by atoms with van der Waals surface area (Å²) in [7, 11) is 0. The lowest BCUT2D eigenvalue weighted by atomic mass is 10.2. The molecular weight excluding hydrogens is 411 g/mol. The molecule has 0 unspecified atom stereocenters. The van der Waals surface area contributed by atoms with E-state index in [1.807, 2.05) is 24.3 Å². The average Bonchev–Trinajstić information content (AvgIpc) is 3.19. The van der Waals surface area contributed by atoms with Crippen LogP contribution in [0, 0.1) is 5.82 Å². The SMILES string of the molecule is O=C(Nc1ccc(F)cc1)N1CCN(Cc2csc(-c3ccc(Cl)cc3)n2)CC1. The fraction of sp³-hybridized carbons (Fsp3) is 0.238. The molecule has 0 aliphatic carbocycles. The lowest BCUT2D eigenvalue weighted by Gasteiger charge is -2.34. The normalized spacial score (nSPS) is 14.8. The van der Waals surface area contributed by atoms with Gasteiger partial charge in [0.2, 0.25) is 0 Å². The number of nitrogens with one attached hydrogen (secondary N) is 1. The first-order chi connectivity index (χ1) is 14.1. The van der Waals surface area contributed by atoms with Gasteiger partial charge in [0.05, 0.1) is 5.69 Å². The van der Waals surface area contributed by atoms with E-state index in [0.29, 0.717) is 23.8 Å². The third-order valence-electron chi connectivity index (χ3n) is 4.78. The average molecular weight is 431 g/mol. The lowest BCUT2D eigenvalue weighted by Crippen LogP contribution is -2.49. The molecule has 0 saturated carbocycles. The highest BCUT2D eigenvalue weighted by atomic mass is 35.5. The van der Waals surface area contributed by atoms with Crippen LogP contribution in [0.2, 0.25) is 5.02 Å². The summed E-state index contributed by atoms with van der Waals surface area (Å²) in [5.74, 6) is -0.321. The number of rotatable bonds is 4. The van der Waals surface area contributed by atoms with Crippen molar-refractivity contribution in [2.24, 2.45) is 0 Å². The molecule has 2 heterocycles. The smallest absolute Gasteiger partial charge is 0.321 e. The van der Waals surface area contributed by atoms with Crippen LogP contribution in [-0.4, -0.2) is 47.0 Å². The van der Waals surface area contributed by atoms with Crippen molar-refractivity contribution in [3.8, 4) is 10.6 Å². The van der Waals surface area contributed by atoms with Gasteiger partial charge in [-0.25, -0.2) is 14.2 Å². The number of nitrogens with zero attached hydrogens (tertiary/aromatic N) is 3. The molecule has 0 atom stereocenters. The summed E-state index contributed by atoms with van der Waals surface area (Å²) in [5, 5.41) is 6.59. The van der Waals surface area contributed by atoms with Gasteiger partial charge in [0.15, 0.2) is 0 Å². The highest BCUT2D eigenvalue weighted by Gasteiger charge is 2.22. The zero-order valence-corrected chi connectivity index (χ0v) is 17.2. The van der Waals surface area contributed by atoms with Crippen LogP contribution in [-0.2, 0) is 6.54 Å². The third-order valence-corrected chi connectivity index (χ3v) is 5.98. The first-order valence-electron chi connectivity index (χ1n) is 9.31. The second kappa shape index (κ2) is 8.90. The van der Waals surface area contributed by atoms with E-state index in [1.54, 1.807) is 28.4 Å². The summed E-state index contributed by atoms with van der Waals surface area (Å²) < 4.78 is 13.0. The second-order valence-corrected chi connectivity index (χ2v) is 8.15. The molecule has 1 aromatic heterocycles. The zero-order chi connectivity index (χ0) is 20.2. The summed E-state index contributed by atoms with van der Waals surface area (Å²) in [6.07, 6.45) is 0. The van der Waals surface area contributed by atoms with Crippen LogP contribution >= 0.6 is 22.9 Å². The van der Waals surface area contributed by atoms with E-state index in [-0.39, 0.29) is 11.8 Å². The van der Waals surface area contributed by atoms with E-state index in [9.17, 15) is 9.18 Å². The molecule has 5 nitrogen and oxygen atoms in total. The molecule has 1 aliphatic heterocycles. The Kier molecular flexibility index (Phi) is 6.08. The van der Waals surface area contributed by atoms with Gasteiger partial charge in [0.1, 0.15) is 10.8 Å². The van der Waals surface area contributed by atoms with E-state index in [1.165, 1.54) is 12.1 Å². The standard InChI is InChI=1S/C21H20ClFN4OS/c22-16-3-1-15(2-4-16)20-24-19(14-29-20)13-26-9-11-27(12-10-26)21(28)25-18-7-5-17(23)6-8-18/h1-8,14H,9-13H2,(H,25,28). The molecular formula is C21H20ClFN4OS. The van der Waals surface area contributed by atoms with E-state index < -0.39 is 0 Å². The van der Waals surface area contributed by atoms with Gasteiger partial charge in [0.25, 0.3) is 0 Å². The summed E-state index contributed by atoms with van der Waals surface area (Å²) >= 11 is 7.57. The number of hydrogen-bond acceptors (Lipinski definition) is 4. The van der Waals surface area contributed by atoms with Gasteiger partial charge < -0.3 is 10.2 Å². The lowest BCUT2D eigenvalue weighted by molar-refractivity contribution is 0.142. The van der Waals surface area contributed by atoms with Gasteiger partial charge in [-0.05, 0) is 36.4 Å². The third kappa shape index (κ3) is 5.12. The molecule has 0 spiro atoms. The number of halogens is 2. The molecule has 3 aromatic rings. The number of aromatic nitrogens is 1. The maximum atomic E-state index is 13.0. The number of thiazole rings is 1. The molecule has 1 aliphatic rings. The topological polar surface area (TPSA) is 48.5 Å². The Morgan fingerprint density at radius 1 is 1.07 bits per heavy atom. The maximum absolute atomic E-state index is 13.0. The fourth-order valence-electron chi connectivity index (χ4n) is 3.18. The van der Waals surface area contributed by atoms with Gasteiger partial charge in [-0.1, -0.05) is 23.7 Å². The summed E-state index contributed by atoms with van der Waals surface area (Å²) in [4.78, 5) is 21.2. The van der Waals surface area contributed by atoms with Crippen LogP contribution in [0.1, 0.15) is 5.69 Å². The molecule has 8 heteroatoms. The summed E-state index contributed by atoms with van der Waals surface area (Å²) in [6, 6.07) is 13.3. The quantitative estimate of drug-likeness (QED) is 0.637. The van der Waals surface area contributed by atoms with Crippen LogP contribution in [0.4, 0.5) is 14.9 Å². The number of carbonyl (C=O) groups is 1. The van der Waals surface area contributed by atoms with Crippen molar-refractivity contribution in [2.75, 3.05) is 31.5 Å². The van der Waals surface area contributed by atoms with Gasteiger partial charge in [-0.2, -0.15) is 0 Å². The van der Waals surface area contributed by atoms with E-state index in [4.69, 9.17) is 16.6 Å². The fourth-order valence-corrected chi connectivity index (χ4v) is 4.12. The molecule has 2 amide bonds. The molecule has 2 aromatic carbocycles. The summed E-state index contributed by atoms with van der Waals surface area (Å²) in [5.41, 5.74) is 2.69. The van der Waals surface area contributed by atoms with Crippen molar-refractivity contribution in [1.29, 1.82) is 0 Å². The molecule has 4 rings (SSSR count). The van der Waals surface area contributed by atoms with Crippen molar-refractivity contribution < 1.29 is 9.18 Å². The van der Waals surface area contributed by atoms with Gasteiger partial charge in [0, 0.05) is 54.4 Å². The molecule has 29 heavy (non-hydrogen) atoms. The first-order valence-corrected chi connectivity index (χ1v) is 10.6. The first kappa shape index (κ1) is 19.8. The van der Waals surface area contributed by atoms with E-state index in [2.05, 4.69) is 15.6 Å². The predicted octanol–water partition coefficient (Wildman–Crippen LogP) is 4.95. The molecule has 0 bridgehead atoms. The molecule has 0 radical (unpaired) electrons. The Morgan fingerprint density at radius 2 is 1.76 bits per heavy atom. The minimum atomic E-state index is -0.321. The number of urea groups is 1. The zero-order valence-electron chi connectivity index (χ0n) is 15.6. The second-order valence-electron chi connectivity index (χ2n) is 6.85. The maximum Gasteiger partial charge on any atom is 0.321 e. The Balaban J connectivity index is 1.28. The molecule has 1 fully saturated rings. The minimum Gasteiger partial charge on any atom is -0.322 e. The van der Waals surface area contributed by atoms with Crippen LogP contribution in [0.5, 0.6) is 0 Å². The predicted molar refractivity (Wildman–Crippen MR) is 115 cm³/mol. The number of carbonyl (C=O) groups excluding carboxylic acids is 1. The summed E-state index contributed by atoms with van der Waals surface area (Å²) in [6.45, 7) is 3.61. The number of benzene rings is 2. The van der Waals surface area contributed by atoms with Crippen molar-refractivity contribution in [2.45, 2.75) is 6.54 Å². The van der Waals surface area contributed by atoms with Crippen molar-refractivity contribution in [1.82, 2.24) is 14.8 Å². The Bertz CT molecular complexity index is 969. The number of anilines is 1. The van der Waals surface area contributed by atoms with E-state index in [0.717, 1.165) is 35.9 Å². The Hall–Kier alpha value is -2.48. The largest absolute Gasteiger partial charge is 0.322 e. The van der Waals surface area contributed by atoms with Gasteiger partial charge in [-0.3, -0.25) is 4.90 Å². The van der Waals surface area contributed by atoms with Crippen molar-refractivity contribution in [3.05, 3.63) is 70.4 Å². The van der Waals surface area contributed by atoms with Gasteiger partial charge >= 0.3 is 6.03 Å². The number of piperazine rings is 1. The minimum absolute atomic E-state index is 0.157. The number of hydrogen-bond donors (Lipinski definition) is 1. The van der Waals surface area contributed by atoms with Crippen LogP contribution < -0.4 is 5.32 Å². The van der Waals surface area contributed by atoms with Crippen LogP contribution in [0.15, 0.2) is 53.9 Å². The van der Waals surface area contributed by atoms with Gasteiger partial charge in [-0.15, -0.1) is 11.3 Å². The number of amides is 2. The molecule has 150 valence electrons. The van der Waals surface area contributed by atoms with Crippen molar-refractivity contribution >= 4 is 34.7 Å². The highest BCUT2D eigenvalue weighted by Crippen LogP contribution is 2.25.